The van der Waals surface area contributed by atoms with E-state index in [2.05, 4.69) is 0 Å². The summed E-state index contributed by atoms with van der Waals surface area (Å²) in [7, 11) is 1.69. The Morgan fingerprint density at radius 1 is 1.00 bits per heavy atom. The third-order valence-corrected chi connectivity index (χ3v) is 14.5. The number of imide groups is 2. The van der Waals surface area contributed by atoms with Crippen molar-refractivity contribution < 1.29 is 33.9 Å². The normalized spacial score (nSPS) is 26.2. The maximum atomic E-state index is 15.2. The quantitative estimate of drug-likeness (QED) is 0.0812. The Morgan fingerprint density at radius 2 is 1.81 bits per heavy atom. The van der Waals surface area contributed by atoms with Crippen LogP contribution in [0.25, 0.3) is 20.7 Å². The molecule has 292 valence electrons. The van der Waals surface area contributed by atoms with Crippen LogP contribution in [0.15, 0.2) is 90.2 Å². The first-order valence-corrected chi connectivity index (χ1v) is 20.1. The first kappa shape index (κ1) is 36.2. The van der Waals surface area contributed by atoms with Gasteiger partial charge in [-0.05, 0) is 91.6 Å². The van der Waals surface area contributed by atoms with Gasteiger partial charge in [0.15, 0.2) is 0 Å². The predicted molar refractivity (Wildman–Crippen MR) is 215 cm³/mol. The molecule has 2 aromatic heterocycles. The van der Waals surface area contributed by atoms with E-state index in [1.165, 1.54) is 39.9 Å². The fraction of sp³-hybridized carbons (Fsp3) is 0.279. The number of nitrogens with zero attached hydrogens (tertiary/aromatic N) is 5. The number of anilines is 2. The molecule has 0 bridgehead atoms. The van der Waals surface area contributed by atoms with Crippen LogP contribution in [0.1, 0.15) is 30.9 Å². The predicted octanol–water partition coefficient (Wildman–Crippen LogP) is 7.66. The Bertz CT molecular complexity index is 2790. The van der Waals surface area contributed by atoms with Gasteiger partial charge in [0.25, 0.3) is 5.69 Å². The van der Waals surface area contributed by atoms with E-state index in [-0.39, 0.29) is 30.0 Å². The van der Waals surface area contributed by atoms with Crippen molar-refractivity contribution in [2.75, 3.05) is 9.80 Å². The van der Waals surface area contributed by atoms with E-state index in [0.29, 0.717) is 39.8 Å². The second-order valence-electron chi connectivity index (χ2n) is 15.9. The van der Waals surface area contributed by atoms with Crippen LogP contribution in [0.5, 0.6) is 11.5 Å². The number of carbonyl (C=O) groups excluding carboxylic acids is 4. The van der Waals surface area contributed by atoms with E-state index in [0.717, 1.165) is 31.0 Å². The lowest BCUT2D eigenvalue weighted by Crippen LogP contribution is -2.51. The third-order valence-electron chi connectivity index (χ3n) is 12.9. The number of phenols is 1. The molecule has 2 aliphatic carbocycles. The lowest BCUT2D eigenvalue weighted by molar-refractivity contribution is -0.384. The molecule has 3 aliphatic heterocycles. The van der Waals surface area contributed by atoms with Gasteiger partial charge in [-0.2, -0.15) is 5.10 Å². The fourth-order valence-corrected chi connectivity index (χ4v) is 11.6. The van der Waals surface area contributed by atoms with Crippen LogP contribution in [0, 0.1) is 52.0 Å². The van der Waals surface area contributed by atoms with Gasteiger partial charge in [-0.15, -0.1) is 11.3 Å². The van der Waals surface area contributed by atoms with Crippen LogP contribution < -0.4 is 14.5 Å². The number of hydrogen-bond acceptors (Lipinski definition) is 10. The smallest absolute Gasteiger partial charge is 0.271 e. The zero-order chi connectivity index (χ0) is 40.5. The number of benzene rings is 3. The molecular formula is C43H34ClN5O8S. The van der Waals surface area contributed by atoms with Gasteiger partial charge in [-0.1, -0.05) is 29.3 Å². The maximum absolute atomic E-state index is 15.2. The molecule has 58 heavy (non-hydrogen) atoms. The SMILES string of the molecule is Cc1c(-c2cc(N3C(=O)C4CC5C(=CCC6C(=O)N(c7cccc([N+](=O)[O-])c7)C(=O)C65)C(C5=COc6ccc(O)cc6C5)C4(C)C3=O)n(C)n2)sc2ccc(Cl)cc12. The summed E-state index contributed by atoms with van der Waals surface area (Å²) in [4.78, 5) is 73.0. The number of hydrogen-bond donors (Lipinski definition) is 1. The highest BCUT2D eigenvalue weighted by atomic mass is 35.5. The number of aryl methyl sites for hydroxylation is 2. The van der Waals surface area contributed by atoms with Crippen molar-refractivity contribution in [3.05, 3.63) is 116 Å². The largest absolute Gasteiger partial charge is 0.508 e. The van der Waals surface area contributed by atoms with Crippen LogP contribution in [-0.2, 0) is 32.6 Å². The number of carbonyl (C=O) groups is 4. The molecule has 3 aromatic carbocycles. The number of rotatable bonds is 5. The molecule has 5 aromatic rings. The molecule has 1 saturated carbocycles. The van der Waals surface area contributed by atoms with Crippen LogP contribution in [0.2, 0.25) is 5.02 Å². The number of halogens is 1. The van der Waals surface area contributed by atoms with Crippen LogP contribution in [0.4, 0.5) is 17.2 Å². The summed E-state index contributed by atoms with van der Waals surface area (Å²) >= 11 is 7.87. The van der Waals surface area contributed by atoms with Crippen molar-refractivity contribution in [2.45, 2.75) is 33.1 Å². The summed E-state index contributed by atoms with van der Waals surface area (Å²) in [6.07, 6.45) is 4.17. The molecule has 0 spiro atoms. The van der Waals surface area contributed by atoms with E-state index in [1.54, 1.807) is 49.8 Å². The number of aromatic nitrogens is 2. The van der Waals surface area contributed by atoms with E-state index in [4.69, 9.17) is 21.4 Å². The summed E-state index contributed by atoms with van der Waals surface area (Å²) < 4.78 is 8.68. The number of amides is 4. The molecule has 4 amide bonds. The number of ether oxygens (including phenoxy) is 1. The molecule has 5 heterocycles. The second kappa shape index (κ2) is 12.7. The molecule has 6 atom stereocenters. The minimum atomic E-state index is -1.34. The first-order chi connectivity index (χ1) is 27.8. The second-order valence-corrected chi connectivity index (χ2v) is 17.4. The highest BCUT2D eigenvalue weighted by Crippen LogP contribution is 2.63. The molecule has 2 saturated heterocycles. The number of phenolic OH excluding ortho intramolecular Hbond substituents is 1. The molecule has 6 unspecified atom stereocenters. The summed E-state index contributed by atoms with van der Waals surface area (Å²) in [5, 5.41) is 28.4. The topological polar surface area (TPSA) is 165 Å². The number of fused-ring (bicyclic) bond motifs is 6. The van der Waals surface area contributed by atoms with E-state index in [1.807, 2.05) is 31.2 Å². The third kappa shape index (κ3) is 5.03. The number of nitro groups is 1. The number of aromatic hydroxyl groups is 1. The van der Waals surface area contributed by atoms with Crippen molar-refractivity contribution in [2.24, 2.45) is 42.1 Å². The molecule has 0 radical (unpaired) electrons. The van der Waals surface area contributed by atoms with E-state index < -0.39 is 63.6 Å². The van der Waals surface area contributed by atoms with Gasteiger partial charge in [-0.25, -0.2) is 9.80 Å². The van der Waals surface area contributed by atoms with Crippen molar-refractivity contribution in [1.82, 2.24) is 9.78 Å². The number of nitro benzene ring substituents is 1. The molecule has 10 rings (SSSR count). The average molecular weight is 816 g/mol. The van der Waals surface area contributed by atoms with Gasteiger partial charge in [0.1, 0.15) is 23.0 Å². The van der Waals surface area contributed by atoms with Gasteiger partial charge >= 0.3 is 0 Å². The van der Waals surface area contributed by atoms with Gasteiger partial charge in [0, 0.05) is 52.9 Å². The van der Waals surface area contributed by atoms with Gasteiger partial charge in [-0.3, -0.25) is 34.0 Å². The van der Waals surface area contributed by atoms with Crippen molar-refractivity contribution in [3.8, 4) is 22.1 Å². The van der Waals surface area contributed by atoms with Gasteiger partial charge in [0.2, 0.25) is 23.6 Å². The summed E-state index contributed by atoms with van der Waals surface area (Å²) in [6, 6.07) is 17.7. The van der Waals surface area contributed by atoms with Gasteiger partial charge in [0.05, 0.1) is 44.9 Å². The average Bonchev–Trinajstić information content (AvgIpc) is 3.87. The van der Waals surface area contributed by atoms with Crippen LogP contribution >= 0.6 is 22.9 Å². The summed E-state index contributed by atoms with van der Waals surface area (Å²) in [5.74, 6) is -4.77. The standard InChI is InChI=1S/C43H34ClN5O8S/c1-20-29-15-23(44)7-12-34(29)58-38(20)32-18-35(46(3)45-32)48-40(52)31-17-30-27(37(43(31,2)42(48)54)22-13-21-14-26(50)8-11-33(21)57-19-22)9-10-28-36(30)41(53)47(39(28)51)24-5-4-6-25(16-24)49(55)56/h4-9,11-12,14-16,18-19,28,30-31,36-37,50H,10,13,17H2,1-3H3. The molecule has 15 heteroatoms. The zero-order valence-corrected chi connectivity index (χ0v) is 32.9. The van der Waals surface area contributed by atoms with E-state index in [9.17, 15) is 29.6 Å². The van der Waals surface area contributed by atoms with Crippen molar-refractivity contribution in [1.29, 1.82) is 0 Å². The lowest BCUT2D eigenvalue weighted by Gasteiger charge is -2.49. The maximum Gasteiger partial charge on any atom is 0.271 e. The molecular weight excluding hydrogens is 782 g/mol. The summed E-state index contributed by atoms with van der Waals surface area (Å²) in [6.45, 7) is 3.79. The molecule has 3 fully saturated rings. The molecule has 13 nitrogen and oxygen atoms in total. The Kier molecular flexibility index (Phi) is 7.93. The monoisotopic (exact) mass is 815 g/mol. The summed E-state index contributed by atoms with van der Waals surface area (Å²) in [5.41, 5.74) is 2.26. The van der Waals surface area contributed by atoms with E-state index >= 15 is 4.79 Å². The minimum Gasteiger partial charge on any atom is -0.508 e. The van der Waals surface area contributed by atoms with Crippen LogP contribution in [0.3, 0.4) is 0 Å². The lowest BCUT2D eigenvalue weighted by atomic mass is 9.51. The highest BCUT2D eigenvalue weighted by molar-refractivity contribution is 7.22. The molecule has 1 N–H and O–H groups in total. The van der Waals surface area contributed by atoms with Crippen molar-refractivity contribution in [3.63, 3.8) is 0 Å². The number of thiophene rings is 1. The van der Waals surface area contributed by atoms with Crippen molar-refractivity contribution >= 4 is 73.8 Å². The number of allylic oxidation sites excluding steroid dienone is 3. The van der Waals surface area contributed by atoms with Gasteiger partial charge < -0.3 is 9.84 Å². The highest BCUT2D eigenvalue weighted by Gasteiger charge is 2.68. The Morgan fingerprint density at radius 3 is 2.60 bits per heavy atom. The fourth-order valence-electron chi connectivity index (χ4n) is 10.3. The zero-order valence-electron chi connectivity index (χ0n) is 31.3. The Labute approximate surface area is 339 Å². The first-order valence-electron chi connectivity index (χ1n) is 18.9. The number of non-ortho nitro benzene ring substituents is 1. The Balaban J connectivity index is 1.08. The molecule has 5 aliphatic rings. The minimum absolute atomic E-state index is 0.0486. The van der Waals surface area contributed by atoms with Crippen LogP contribution in [-0.4, -0.2) is 43.4 Å². The Hall–Kier alpha value is -6.12.